The number of unbranched alkanes of at least 4 members (excludes halogenated alkanes) is 1. The van der Waals surface area contributed by atoms with E-state index in [1.54, 1.807) is 22.6 Å². The molecule has 0 aliphatic carbocycles. The van der Waals surface area contributed by atoms with Crippen molar-refractivity contribution < 1.29 is 19.0 Å². The van der Waals surface area contributed by atoms with E-state index < -0.39 is 0 Å². The molecule has 0 radical (unpaired) electrons. The van der Waals surface area contributed by atoms with Crippen LogP contribution >= 0.6 is 45.2 Å². The molecule has 0 atom stereocenters. The molecule has 7 heteroatoms. The number of halogens is 2. The first-order valence-corrected chi connectivity index (χ1v) is 8.60. The number of rotatable bonds is 13. The van der Waals surface area contributed by atoms with Crippen LogP contribution in [0.1, 0.15) is 12.8 Å². The predicted molar refractivity (Wildman–Crippen MR) is 88.0 cm³/mol. The van der Waals surface area contributed by atoms with E-state index in [1.807, 2.05) is 0 Å². The molecule has 18 heavy (non-hydrogen) atoms. The van der Waals surface area contributed by atoms with Crippen molar-refractivity contribution >= 4 is 49.1 Å². The number of carbonyl (C=O) groups is 1. The van der Waals surface area contributed by atoms with Gasteiger partial charge in [0.15, 0.2) is 0 Å². The first kappa shape index (κ1) is 18.8. The van der Waals surface area contributed by atoms with Gasteiger partial charge in [0.25, 0.3) is 3.91 Å². The Kier molecular flexibility index (Phi) is 16.6. The molecule has 0 bridgehead atoms. The minimum absolute atomic E-state index is 0.0628. The molecule has 0 rings (SSSR count). The lowest BCUT2D eigenvalue weighted by Gasteiger charge is -2.06. The van der Waals surface area contributed by atoms with Crippen LogP contribution in [0.2, 0.25) is 0 Å². The van der Waals surface area contributed by atoms with E-state index in [2.05, 4.69) is 27.9 Å². The second-order valence-electron chi connectivity index (χ2n) is 3.43. The Labute approximate surface area is 136 Å². The van der Waals surface area contributed by atoms with Crippen LogP contribution in [0.3, 0.4) is 0 Å². The molecule has 1 N–H and O–H groups in total. The molecule has 5 nitrogen and oxygen atoms in total. The summed E-state index contributed by atoms with van der Waals surface area (Å²) in [5.74, 6) is 0. The quantitative estimate of drug-likeness (QED) is 0.143. The second-order valence-corrected chi connectivity index (χ2v) is 5.49. The zero-order valence-corrected chi connectivity index (χ0v) is 14.8. The highest BCUT2D eigenvalue weighted by Gasteiger charge is 1.93. The molecule has 0 unspecified atom stereocenters. The summed E-state index contributed by atoms with van der Waals surface area (Å²) in [6.45, 7) is 4.25. The molecule has 0 aliphatic rings. The molecular weight excluding hydrogens is 464 g/mol. The Balaban J connectivity index is 2.92. The maximum absolute atomic E-state index is 10.5. The van der Waals surface area contributed by atoms with E-state index in [0.717, 1.165) is 13.0 Å². The van der Waals surface area contributed by atoms with Gasteiger partial charge < -0.3 is 19.5 Å². The van der Waals surface area contributed by atoms with Gasteiger partial charge in [0.1, 0.15) is 0 Å². The van der Waals surface area contributed by atoms with Crippen molar-refractivity contribution in [3.05, 3.63) is 0 Å². The third kappa shape index (κ3) is 16.8. The highest BCUT2D eigenvalue weighted by atomic mass is 127. The van der Waals surface area contributed by atoms with Crippen molar-refractivity contribution in [2.45, 2.75) is 12.8 Å². The Morgan fingerprint density at radius 3 is 2.00 bits per heavy atom. The zero-order chi connectivity index (χ0) is 13.5. The standard InChI is InChI=1S/C11H21I2NO4/c12-3-1-2-5-16-7-9-18-10-8-17-6-4-14-11(13)15/h1-10H2,(H,14,15). The van der Waals surface area contributed by atoms with Gasteiger partial charge in [0.2, 0.25) is 0 Å². The summed E-state index contributed by atoms with van der Waals surface area (Å²) in [6.07, 6.45) is 2.33. The molecule has 0 fully saturated rings. The molecule has 0 aromatic heterocycles. The highest BCUT2D eigenvalue weighted by Crippen LogP contribution is 1.94. The van der Waals surface area contributed by atoms with Crippen molar-refractivity contribution in [3.8, 4) is 0 Å². The summed E-state index contributed by atoms with van der Waals surface area (Å²) in [5, 5.41) is 2.64. The van der Waals surface area contributed by atoms with Gasteiger partial charge in [0.05, 0.1) is 33.0 Å². The monoisotopic (exact) mass is 485 g/mol. The van der Waals surface area contributed by atoms with Crippen molar-refractivity contribution in [1.29, 1.82) is 0 Å². The van der Waals surface area contributed by atoms with E-state index in [0.29, 0.717) is 39.6 Å². The van der Waals surface area contributed by atoms with Crippen LogP contribution in [0.4, 0.5) is 4.79 Å². The Morgan fingerprint density at radius 1 is 0.889 bits per heavy atom. The fourth-order valence-electron chi connectivity index (χ4n) is 1.06. The molecule has 0 heterocycles. The fourth-order valence-corrected chi connectivity index (χ4v) is 1.87. The molecule has 1 amide bonds. The van der Waals surface area contributed by atoms with Gasteiger partial charge in [-0.25, -0.2) is 0 Å². The average Bonchev–Trinajstić information content (AvgIpc) is 2.34. The SMILES string of the molecule is O=C(I)NCCOCCOCCOCCCCI. The minimum Gasteiger partial charge on any atom is -0.379 e. The molecule has 0 saturated heterocycles. The predicted octanol–water partition coefficient (Wildman–Crippen LogP) is 2.40. The average molecular weight is 485 g/mol. The summed E-state index contributed by atoms with van der Waals surface area (Å²) in [6, 6.07) is 0. The second kappa shape index (κ2) is 15.9. The number of amides is 1. The van der Waals surface area contributed by atoms with E-state index in [4.69, 9.17) is 14.2 Å². The van der Waals surface area contributed by atoms with Crippen LogP contribution in [0.15, 0.2) is 0 Å². The molecule has 0 aromatic rings. The maximum atomic E-state index is 10.5. The van der Waals surface area contributed by atoms with Gasteiger partial charge in [-0.3, -0.25) is 4.79 Å². The van der Waals surface area contributed by atoms with Crippen LogP contribution in [0, 0.1) is 0 Å². The Hall–Kier alpha value is 0.810. The van der Waals surface area contributed by atoms with Crippen molar-refractivity contribution in [2.24, 2.45) is 0 Å². The fraction of sp³-hybridized carbons (Fsp3) is 0.909. The number of alkyl halides is 1. The smallest absolute Gasteiger partial charge is 0.280 e. The summed E-state index contributed by atoms with van der Waals surface area (Å²) >= 11 is 4.06. The number of hydrogen-bond acceptors (Lipinski definition) is 4. The summed E-state index contributed by atoms with van der Waals surface area (Å²) in [7, 11) is 0. The zero-order valence-electron chi connectivity index (χ0n) is 10.5. The maximum Gasteiger partial charge on any atom is 0.280 e. The third-order valence-electron chi connectivity index (χ3n) is 1.93. The van der Waals surface area contributed by atoms with Gasteiger partial charge in [-0.15, -0.1) is 0 Å². The first-order chi connectivity index (χ1) is 8.77. The summed E-state index contributed by atoms with van der Waals surface area (Å²) < 4.78 is 17.1. The van der Waals surface area contributed by atoms with Crippen LogP contribution in [0.5, 0.6) is 0 Å². The third-order valence-corrected chi connectivity index (χ3v) is 3.07. The Morgan fingerprint density at radius 2 is 1.44 bits per heavy atom. The number of hydrogen-bond donors (Lipinski definition) is 1. The van der Waals surface area contributed by atoms with Crippen molar-refractivity contribution in [2.75, 3.05) is 50.6 Å². The Bertz CT molecular complexity index is 196. The summed E-state index contributed by atoms with van der Waals surface area (Å²) in [4.78, 5) is 10.5. The lowest BCUT2D eigenvalue weighted by atomic mass is 10.4. The molecule has 108 valence electrons. The molecule has 0 aliphatic heterocycles. The molecule has 0 saturated carbocycles. The first-order valence-electron chi connectivity index (χ1n) is 6.00. The van der Waals surface area contributed by atoms with Crippen LogP contribution in [-0.4, -0.2) is 54.5 Å². The highest BCUT2D eigenvalue weighted by molar-refractivity contribution is 14.1. The van der Waals surface area contributed by atoms with E-state index in [-0.39, 0.29) is 3.91 Å². The molecular formula is C11H21I2NO4. The van der Waals surface area contributed by atoms with E-state index in [1.165, 1.54) is 10.8 Å². The van der Waals surface area contributed by atoms with Crippen LogP contribution < -0.4 is 5.32 Å². The van der Waals surface area contributed by atoms with Gasteiger partial charge in [-0.05, 0) is 17.3 Å². The summed E-state index contributed by atoms with van der Waals surface area (Å²) in [5.41, 5.74) is 0. The van der Waals surface area contributed by atoms with Crippen molar-refractivity contribution in [3.63, 3.8) is 0 Å². The van der Waals surface area contributed by atoms with E-state index in [9.17, 15) is 4.79 Å². The number of nitrogens with one attached hydrogen (secondary N) is 1. The molecule has 0 aromatic carbocycles. The minimum atomic E-state index is -0.0628. The van der Waals surface area contributed by atoms with E-state index >= 15 is 0 Å². The van der Waals surface area contributed by atoms with Gasteiger partial charge >= 0.3 is 0 Å². The number of ether oxygens (including phenoxy) is 3. The van der Waals surface area contributed by atoms with Gasteiger partial charge in [0, 0.05) is 35.7 Å². The molecule has 0 spiro atoms. The van der Waals surface area contributed by atoms with Gasteiger partial charge in [-0.2, -0.15) is 0 Å². The lowest BCUT2D eigenvalue weighted by Crippen LogP contribution is -2.22. The van der Waals surface area contributed by atoms with Crippen molar-refractivity contribution in [1.82, 2.24) is 5.32 Å². The lowest BCUT2D eigenvalue weighted by molar-refractivity contribution is 0.0150. The topological polar surface area (TPSA) is 56.8 Å². The van der Waals surface area contributed by atoms with Gasteiger partial charge in [-0.1, -0.05) is 22.6 Å². The van der Waals surface area contributed by atoms with Crippen LogP contribution in [-0.2, 0) is 14.2 Å². The normalized spacial score (nSPS) is 10.6. The number of carbonyl (C=O) groups excluding carboxylic acids is 1. The largest absolute Gasteiger partial charge is 0.379 e. The van der Waals surface area contributed by atoms with Crippen LogP contribution in [0.25, 0.3) is 0 Å².